The lowest BCUT2D eigenvalue weighted by molar-refractivity contribution is -0.889. The molecule has 58 heavy (non-hydrogen) atoms. The lowest BCUT2D eigenvalue weighted by Crippen LogP contribution is -2.55. The molecule has 342 valence electrons. The van der Waals surface area contributed by atoms with Gasteiger partial charge in [0.15, 0.2) is 6.10 Å². The van der Waals surface area contributed by atoms with Crippen molar-refractivity contribution in [1.82, 2.24) is 0 Å². The van der Waals surface area contributed by atoms with E-state index in [1.54, 1.807) is 0 Å². The molecule has 2 atom stereocenters. The Morgan fingerprint density at radius 3 is 1.24 bits per heavy atom. The minimum Gasteiger partial charge on any atom is -0.544 e. The van der Waals surface area contributed by atoms with E-state index in [2.05, 4.69) is 26.0 Å². The number of carboxylic acid groups (broad SMARTS) is 1. The lowest BCUT2D eigenvalue weighted by Gasteiger charge is -2.34. The van der Waals surface area contributed by atoms with Gasteiger partial charge in [0.25, 0.3) is 0 Å². The summed E-state index contributed by atoms with van der Waals surface area (Å²) in [4.78, 5) is 37.0. The third-order valence-electron chi connectivity index (χ3n) is 11.4. The van der Waals surface area contributed by atoms with Gasteiger partial charge in [-0.25, -0.2) is 0 Å². The van der Waals surface area contributed by atoms with Gasteiger partial charge in [-0.3, -0.25) is 9.59 Å². The highest BCUT2D eigenvalue weighted by Gasteiger charge is 2.25. The summed E-state index contributed by atoms with van der Waals surface area (Å²) in [7, 11) is 5.42. The Kier molecular flexibility index (Phi) is 40.4. The number of hydrogen-bond donors (Lipinski definition) is 0. The summed E-state index contributed by atoms with van der Waals surface area (Å²) in [5.74, 6) is -1.72. The molecule has 8 heteroatoms. The van der Waals surface area contributed by atoms with Crippen molar-refractivity contribution < 1.29 is 38.2 Å². The second-order valence-electron chi connectivity index (χ2n) is 18.1. The van der Waals surface area contributed by atoms with Gasteiger partial charge in [-0.1, -0.05) is 193 Å². The molecule has 0 saturated carbocycles. The number of quaternary nitrogens is 1. The number of carbonyl (C=O) groups excluding carboxylic acids is 3. The summed E-state index contributed by atoms with van der Waals surface area (Å²) in [6.07, 6.45) is 45.2. The zero-order chi connectivity index (χ0) is 42.8. The van der Waals surface area contributed by atoms with Crippen LogP contribution in [0.3, 0.4) is 0 Å². The second kappa shape index (κ2) is 41.8. The summed E-state index contributed by atoms with van der Waals surface area (Å²) in [5, 5.41) is 11.6. The Hall–Kier alpha value is -1.93. The van der Waals surface area contributed by atoms with E-state index in [4.69, 9.17) is 14.2 Å². The average molecular weight is 822 g/mol. The van der Waals surface area contributed by atoms with Gasteiger partial charge in [-0.2, -0.15) is 0 Å². The largest absolute Gasteiger partial charge is 0.544 e. The number of ether oxygens (including phenoxy) is 3. The molecule has 0 aliphatic rings. The highest BCUT2D eigenvalue weighted by molar-refractivity contribution is 5.70. The van der Waals surface area contributed by atoms with Crippen LogP contribution in [0.2, 0.25) is 0 Å². The predicted molar refractivity (Wildman–Crippen MR) is 241 cm³/mol. The SMILES string of the molecule is CCCCCCCC/C=C/CCCCCCCCCC(=O)OCC(COCCC(C(=O)[O-])[N+](C)(C)C)OC(=O)CCCCCCCCCCCCCCCCCCC. The van der Waals surface area contributed by atoms with E-state index < -0.39 is 18.1 Å². The van der Waals surface area contributed by atoms with E-state index in [0.717, 1.165) is 38.5 Å². The molecule has 0 aliphatic carbocycles. The van der Waals surface area contributed by atoms with Crippen LogP contribution >= 0.6 is 0 Å². The summed E-state index contributed by atoms with van der Waals surface area (Å²) in [5.41, 5.74) is 0. The first-order valence-corrected chi connectivity index (χ1v) is 24.7. The van der Waals surface area contributed by atoms with Crippen molar-refractivity contribution >= 4 is 17.9 Å². The van der Waals surface area contributed by atoms with E-state index in [-0.39, 0.29) is 42.7 Å². The molecule has 0 bridgehead atoms. The monoisotopic (exact) mass is 822 g/mol. The Labute approximate surface area is 359 Å². The number of likely N-dealkylation sites (N-methyl/N-ethyl adjacent to an activating group) is 1. The summed E-state index contributed by atoms with van der Waals surface area (Å²) >= 11 is 0. The molecule has 2 unspecified atom stereocenters. The number of rotatable bonds is 45. The normalized spacial score (nSPS) is 12.9. The fourth-order valence-corrected chi connectivity index (χ4v) is 7.54. The van der Waals surface area contributed by atoms with Crippen molar-refractivity contribution in [2.45, 2.75) is 251 Å². The van der Waals surface area contributed by atoms with Crippen LogP contribution < -0.4 is 5.11 Å². The first kappa shape index (κ1) is 56.1. The second-order valence-corrected chi connectivity index (χ2v) is 18.1. The minimum absolute atomic E-state index is 0.0455. The number of esters is 2. The van der Waals surface area contributed by atoms with Crippen molar-refractivity contribution in [2.75, 3.05) is 41.0 Å². The minimum atomic E-state index is -1.12. The van der Waals surface area contributed by atoms with E-state index in [0.29, 0.717) is 12.8 Å². The quantitative estimate of drug-likeness (QED) is 0.0261. The molecule has 0 aliphatic heterocycles. The first-order chi connectivity index (χ1) is 28.1. The zero-order valence-electron chi connectivity index (χ0n) is 39.0. The molecule has 0 spiro atoms. The molecule has 0 aromatic heterocycles. The smallest absolute Gasteiger partial charge is 0.306 e. The van der Waals surface area contributed by atoms with Crippen LogP contribution in [0.1, 0.15) is 239 Å². The van der Waals surface area contributed by atoms with Gasteiger partial charge >= 0.3 is 11.9 Å². The van der Waals surface area contributed by atoms with Gasteiger partial charge in [0.1, 0.15) is 12.6 Å². The highest BCUT2D eigenvalue weighted by atomic mass is 16.6. The number of aliphatic carboxylic acids is 1. The van der Waals surface area contributed by atoms with Crippen LogP contribution in [0, 0.1) is 0 Å². The van der Waals surface area contributed by atoms with Crippen molar-refractivity contribution in [1.29, 1.82) is 0 Å². The summed E-state index contributed by atoms with van der Waals surface area (Å²) < 4.78 is 17.2. The highest BCUT2D eigenvalue weighted by Crippen LogP contribution is 2.16. The Bertz CT molecular complexity index is 962. The van der Waals surface area contributed by atoms with Crippen molar-refractivity contribution in [3.63, 3.8) is 0 Å². The molecule has 0 rings (SSSR count). The topological polar surface area (TPSA) is 102 Å². The average Bonchev–Trinajstić information content (AvgIpc) is 3.18. The lowest BCUT2D eigenvalue weighted by atomic mass is 10.0. The van der Waals surface area contributed by atoms with Gasteiger partial charge in [0.2, 0.25) is 0 Å². The Morgan fingerprint density at radius 2 is 0.862 bits per heavy atom. The third-order valence-corrected chi connectivity index (χ3v) is 11.4. The maximum absolute atomic E-state index is 12.8. The summed E-state index contributed by atoms with van der Waals surface area (Å²) in [6.45, 7) is 4.69. The molecule has 8 nitrogen and oxygen atoms in total. The van der Waals surface area contributed by atoms with Crippen LogP contribution in [0.5, 0.6) is 0 Å². The van der Waals surface area contributed by atoms with E-state index in [1.807, 2.05) is 21.1 Å². The first-order valence-electron chi connectivity index (χ1n) is 24.7. The van der Waals surface area contributed by atoms with E-state index in [1.165, 1.54) is 167 Å². The van der Waals surface area contributed by atoms with Gasteiger partial charge in [-0.05, 0) is 38.5 Å². The fourth-order valence-electron chi connectivity index (χ4n) is 7.54. The van der Waals surface area contributed by atoms with Gasteiger partial charge in [-0.15, -0.1) is 0 Å². The van der Waals surface area contributed by atoms with Crippen LogP contribution in [0.25, 0.3) is 0 Å². The Morgan fingerprint density at radius 1 is 0.500 bits per heavy atom. The molecule has 0 amide bonds. The van der Waals surface area contributed by atoms with Crippen LogP contribution in [0.4, 0.5) is 0 Å². The van der Waals surface area contributed by atoms with Crippen LogP contribution in [-0.2, 0) is 28.6 Å². The number of carboxylic acids is 1. The van der Waals surface area contributed by atoms with Crippen LogP contribution in [0.15, 0.2) is 12.2 Å². The predicted octanol–water partition coefficient (Wildman–Crippen LogP) is 12.5. The number of allylic oxidation sites excluding steroid dienone is 2. The van der Waals surface area contributed by atoms with Gasteiger partial charge < -0.3 is 28.6 Å². The third kappa shape index (κ3) is 39.5. The summed E-state index contributed by atoms with van der Waals surface area (Å²) in [6, 6.07) is -0.722. The van der Waals surface area contributed by atoms with Crippen molar-refractivity contribution in [2.24, 2.45) is 0 Å². The van der Waals surface area contributed by atoms with E-state index in [9.17, 15) is 19.5 Å². The molecule has 0 N–H and O–H groups in total. The molecule has 0 heterocycles. The number of unbranched alkanes of at least 4 members (excludes halogenated alkanes) is 29. The van der Waals surface area contributed by atoms with Crippen molar-refractivity contribution in [3.05, 3.63) is 12.2 Å². The van der Waals surface area contributed by atoms with Gasteiger partial charge in [0.05, 0.1) is 40.3 Å². The Balaban J connectivity index is 4.25. The molecule has 0 aromatic carbocycles. The number of carbonyl (C=O) groups is 3. The fraction of sp³-hybridized carbons (Fsp3) is 0.900. The van der Waals surface area contributed by atoms with Crippen LogP contribution in [-0.4, -0.2) is 75.5 Å². The number of hydrogen-bond acceptors (Lipinski definition) is 7. The standard InChI is InChI=1S/C50H95NO7/c1-6-8-10-12-14-16-18-20-22-24-26-28-30-32-34-36-38-40-48(52)57-45-46(44-56-43-42-47(50(54)55)51(3,4)5)58-49(53)41-39-37-35-33-31-29-27-25-23-21-19-17-15-13-11-9-7-2/h20,22,46-47H,6-19,21,23-45H2,1-5H3/b22-20+. The van der Waals surface area contributed by atoms with Crippen molar-refractivity contribution in [3.8, 4) is 0 Å². The van der Waals surface area contributed by atoms with Gasteiger partial charge in [0, 0.05) is 19.3 Å². The maximum atomic E-state index is 12.8. The maximum Gasteiger partial charge on any atom is 0.306 e. The molecule has 0 aromatic rings. The molecule has 0 radical (unpaired) electrons. The molecular weight excluding hydrogens is 727 g/mol. The number of nitrogens with zero attached hydrogens (tertiary/aromatic N) is 1. The molecule has 0 fully saturated rings. The van der Waals surface area contributed by atoms with E-state index >= 15 is 0 Å². The zero-order valence-corrected chi connectivity index (χ0v) is 39.0. The molecular formula is C50H95NO7. The molecule has 0 saturated heterocycles.